The maximum Gasteiger partial charge on any atom is 0 e. The van der Waals surface area contributed by atoms with E-state index in [1.54, 1.807) is 48.6 Å². The fraction of sp³-hybridized carbons (Fsp3) is 0.125. The Balaban J connectivity index is 0.000000173. The molecule has 0 aliphatic heterocycles. The maximum absolute atomic E-state index is 5.67. The monoisotopic (exact) mass is 2340 g/mol. The van der Waals surface area contributed by atoms with Gasteiger partial charge in [-0.3, -0.25) is 40.0 Å². The van der Waals surface area contributed by atoms with E-state index in [0.29, 0.717) is 0 Å². The fourth-order valence-corrected chi connectivity index (χ4v) is 19.5. The van der Waals surface area contributed by atoms with Gasteiger partial charge in [-0.05, 0) is 124 Å². The average molecular weight is 2350 g/mol. The molecule has 8 radical (unpaired) electrons. The molecule has 24 rings (SSSR count). The first kappa shape index (κ1) is 114. The summed E-state index contributed by atoms with van der Waals surface area (Å²) in [6, 6.07) is 112. The SMILES string of the molecule is [CH-]=Cc1[c-]c(C)c2c(c1)-c1ccccc1C2.[CH-]=Cc1[c-]c(C)cc2c1Cc1ccccc1-2.[CH-]=Cc1[c-]c2c(cc1)-c1c(C)cccc1C2.[CH-]=Cc1[c-]c2c(cc1)Cc1ccc(C)cc1-2.[CH-]=Cc1[c-]c2c(cc1)Cc1ccc(C)cc1-2.[CH-]=Cc1[c-]cc2c(c1C)Cc1ccccc1-2.[CH-]=Cc1[c-]ccc2c1-c1ccc(C)cc1C2.[CH-]=Cc1[c-]ccc2c1-c1ccc(C)cc1C2.[Y].[Y].[Y].[Y].[Y].[Y].[Y].[Y]. The normalized spacial score (nSPS) is 11.4. The van der Waals surface area contributed by atoms with Gasteiger partial charge >= 0.3 is 0 Å². The molecule has 648 valence electrons. The van der Waals surface area contributed by atoms with Crippen LogP contribution in [-0.2, 0) is 313 Å². The smallest absolute Gasteiger partial charge is 0 e. The third-order valence-corrected chi connectivity index (χ3v) is 25.8. The number of hydrogen-bond donors (Lipinski definition) is 0. The van der Waals surface area contributed by atoms with E-state index in [1.807, 2.05) is 30.3 Å². The van der Waals surface area contributed by atoms with Crippen LogP contribution in [0.1, 0.15) is 178 Å². The summed E-state index contributed by atoms with van der Waals surface area (Å²) in [4.78, 5) is 0. The Bertz CT molecular complexity index is 7000. The fourth-order valence-electron chi connectivity index (χ4n) is 19.5. The van der Waals surface area contributed by atoms with Crippen molar-refractivity contribution in [1.29, 1.82) is 0 Å². The number of hydrogen-bond acceptors (Lipinski definition) is 0. The third-order valence-electron chi connectivity index (χ3n) is 25.8. The second kappa shape index (κ2) is 52.0. The molecule has 0 unspecified atom stereocenters. The van der Waals surface area contributed by atoms with Crippen molar-refractivity contribution < 1.29 is 262 Å². The molecule has 0 N–H and O–H groups in total. The van der Waals surface area contributed by atoms with Crippen molar-refractivity contribution in [1.82, 2.24) is 0 Å². The zero-order valence-corrected chi connectivity index (χ0v) is 101. The molecule has 0 fully saturated rings. The second-order valence-electron chi connectivity index (χ2n) is 34.2. The molecule has 8 aliphatic carbocycles. The van der Waals surface area contributed by atoms with Gasteiger partial charge in [-0.2, -0.15) is 41.0 Å². The second-order valence-corrected chi connectivity index (χ2v) is 34.2. The molecule has 8 heteroatoms. The predicted molar refractivity (Wildman–Crippen MR) is 536 cm³/mol. The van der Waals surface area contributed by atoms with Crippen LogP contribution >= 0.6 is 0 Å². The summed E-state index contributed by atoms with van der Waals surface area (Å²) in [6.07, 6.45) is 21.1. The average Bonchev–Trinajstić information content (AvgIpc) is 1.62. The molecular weight excluding hydrogens is 2250 g/mol. The van der Waals surface area contributed by atoms with Crippen molar-refractivity contribution in [3.05, 3.63) is 522 Å². The van der Waals surface area contributed by atoms with Gasteiger partial charge in [-0.25, -0.2) is 83.9 Å². The summed E-state index contributed by atoms with van der Waals surface area (Å²) < 4.78 is 0. The first-order valence-electron chi connectivity index (χ1n) is 43.8. The molecule has 16 aromatic carbocycles. The molecular formula is C128H96Y8-16. The predicted octanol–water partition coefficient (Wildman–Crippen LogP) is 30.5. The van der Waals surface area contributed by atoms with E-state index >= 15 is 0 Å². The Morgan fingerprint density at radius 1 is 0.235 bits per heavy atom. The largest absolute Gasteiger partial charge is 0.344 e. The summed E-state index contributed by atoms with van der Waals surface area (Å²) in [6.45, 7) is 61.7. The van der Waals surface area contributed by atoms with E-state index in [9.17, 15) is 0 Å². The van der Waals surface area contributed by atoms with Gasteiger partial charge < -0.3 is 106 Å². The van der Waals surface area contributed by atoms with Crippen LogP contribution in [0.15, 0.2) is 243 Å². The van der Waals surface area contributed by atoms with Gasteiger partial charge in [0.2, 0.25) is 0 Å². The first-order valence-corrected chi connectivity index (χ1v) is 43.8. The van der Waals surface area contributed by atoms with E-state index < -0.39 is 0 Å². The van der Waals surface area contributed by atoms with E-state index in [-0.39, 0.29) is 262 Å². The van der Waals surface area contributed by atoms with Crippen LogP contribution in [0.2, 0.25) is 0 Å². The number of rotatable bonds is 8. The molecule has 0 bridgehead atoms. The molecule has 0 saturated heterocycles. The maximum atomic E-state index is 5.67. The summed E-state index contributed by atoms with van der Waals surface area (Å²) in [5, 5.41) is 0. The van der Waals surface area contributed by atoms with Crippen molar-refractivity contribution in [2.75, 3.05) is 0 Å². The summed E-state index contributed by atoms with van der Waals surface area (Å²) in [7, 11) is 0. The van der Waals surface area contributed by atoms with Crippen molar-refractivity contribution in [3.8, 4) is 89.0 Å². The van der Waals surface area contributed by atoms with Crippen LogP contribution in [0, 0.1) is 157 Å². The molecule has 16 aromatic rings. The zero-order valence-electron chi connectivity index (χ0n) is 78.6. The van der Waals surface area contributed by atoms with Crippen molar-refractivity contribution >= 4 is 48.6 Å². The number of aryl methyl sites for hydroxylation is 7. The Hall–Kier alpha value is -5.73. The van der Waals surface area contributed by atoms with Gasteiger partial charge in [0.05, 0.1) is 0 Å². The van der Waals surface area contributed by atoms with Crippen LogP contribution in [0.4, 0.5) is 0 Å². The van der Waals surface area contributed by atoms with E-state index in [1.165, 1.54) is 217 Å². The van der Waals surface area contributed by atoms with Crippen LogP contribution < -0.4 is 0 Å². The Morgan fingerprint density at radius 3 is 1.12 bits per heavy atom. The van der Waals surface area contributed by atoms with Gasteiger partial charge in [-0.15, -0.1) is 97.1 Å². The van der Waals surface area contributed by atoms with E-state index in [2.05, 4.69) is 316 Å². The van der Waals surface area contributed by atoms with Gasteiger partial charge in [0.25, 0.3) is 0 Å². The van der Waals surface area contributed by atoms with Crippen molar-refractivity contribution in [2.45, 2.75) is 107 Å². The van der Waals surface area contributed by atoms with Gasteiger partial charge in [0, 0.05) is 262 Å². The Morgan fingerprint density at radius 2 is 0.632 bits per heavy atom. The topological polar surface area (TPSA) is 0 Å². The van der Waals surface area contributed by atoms with Crippen LogP contribution in [0.3, 0.4) is 0 Å². The molecule has 8 aliphatic rings. The minimum absolute atomic E-state index is 0. The molecule has 0 saturated carbocycles. The number of fused-ring (bicyclic) bond motifs is 24. The Labute approximate surface area is 1010 Å². The summed E-state index contributed by atoms with van der Waals surface area (Å²) >= 11 is 0. The zero-order chi connectivity index (χ0) is 89.0. The van der Waals surface area contributed by atoms with Crippen LogP contribution in [0.25, 0.3) is 138 Å². The van der Waals surface area contributed by atoms with Crippen LogP contribution in [0.5, 0.6) is 0 Å². The van der Waals surface area contributed by atoms with Gasteiger partial charge in [0.1, 0.15) is 0 Å². The minimum Gasteiger partial charge on any atom is -0.344 e. The molecule has 0 nitrogen and oxygen atoms in total. The first-order chi connectivity index (χ1) is 62.3. The van der Waals surface area contributed by atoms with E-state index in [0.717, 1.165) is 101 Å². The minimum atomic E-state index is 0. The third kappa shape index (κ3) is 24.8. The molecule has 136 heavy (non-hydrogen) atoms. The summed E-state index contributed by atoms with van der Waals surface area (Å²) in [5.74, 6) is 0. The number of benzene rings is 16. The standard InChI is InChI=1S/8C16H12.8Y/c2*1-3-12-5-7-14-10-13-6-4-11(2)8-15(13)16(14)9-12;2*1-3-12-5-4-6-13-10-14-9-11(2)7-8-15(14)16(12)13;1-3-12-7-8-15-14(9-12)10-13-6-4-5-11(2)16(13)15;1-3-12-8-11(2)15-10-13-6-4-5-7-14(13)16(15)9-12;1-3-12-8-11(2)9-16-14-7-5-4-6-13(14)10-15(12)16;1-3-12-8-9-15-14-7-5-4-6-13(14)10-16(15)11(12)2;;;;;;;;/h2*1,3-8H,10H2,2H3;2*1,3-4,6-9H,10H2,2H3;1,3-8H,10H2,2H3;3*1,3-7,9H,10H2,2H3;;;;;;;;/q8*-2;;;;;;;;. The van der Waals surface area contributed by atoms with E-state index in [4.69, 9.17) is 52.6 Å². The molecule has 0 amide bonds. The summed E-state index contributed by atoms with van der Waals surface area (Å²) in [5.41, 5.74) is 61.1. The molecule has 0 aromatic heterocycles. The molecule has 0 heterocycles. The molecule has 0 atom stereocenters. The van der Waals surface area contributed by atoms with Crippen LogP contribution in [-0.4, -0.2) is 0 Å². The van der Waals surface area contributed by atoms with Gasteiger partial charge in [0.15, 0.2) is 0 Å². The van der Waals surface area contributed by atoms with Crippen molar-refractivity contribution in [2.24, 2.45) is 0 Å². The Kier molecular flexibility index (Phi) is 43.5. The quantitative estimate of drug-likeness (QED) is 0.133. The van der Waals surface area contributed by atoms with Crippen molar-refractivity contribution in [3.63, 3.8) is 0 Å². The van der Waals surface area contributed by atoms with Gasteiger partial charge in [-0.1, -0.05) is 274 Å². The molecule has 0 spiro atoms.